The van der Waals surface area contributed by atoms with Gasteiger partial charge in [0.2, 0.25) is 5.91 Å². The predicted molar refractivity (Wildman–Crippen MR) is 128 cm³/mol. The zero-order chi connectivity index (χ0) is 22.5. The van der Waals surface area contributed by atoms with E-state index in [4.69, 9.17) is 4.74 Å². The van der Waals surface area contributed by atoms with Crippen LogP contribution >= 0.6 is 11.8 Å². The lowest BCUT2D eigenvalue weighted by Gasteiger charge is -2.14. The van der Waals surface area contributed by atoms with E-state index in [9.17, 15) is 4.79 Å². The van der Waals surface area contributed by atoms with Crippen LogP contribution in [0.4, 0.5) is 5.69 Å². The van der Waals surface area contributed by atoms with E-state index < -0.39 is 5.25 Å². The first kappa shape index (κ1) is 21.6. The van der Waals surface area contributed by atoms with Crippen LogP contribution in [-0.2, 0) is 11.3 Å². The maximum atomic E-state index is 13.0. The Morgan fingerprint density at radius 2 is 2.03 bits per heavy atom. The normalized spacial score (nSPS) is 11.8. The van der Waals surface area contributed by atoms with Gasteiger partial charge in [-0.3, -0.25) is 14.3 Å². The average Bonchev–Trinajstić information content (AvgIpc) is 3.21. The minimum atomic E-state index is -0.403. The van der Waals surface area contributed by atoms with E-state index in [1.807, 2.05) is 66.1 Å². The largest absolute Gasteiger partial charge is 0.496 e. The summed E-state index contributed by atoms with van der Waals surface area (Å²) in [6.07, 6.45) is 3.51. The third-order valence-electron chi connectivity index (χ3n) is 4.93. The lowest BCUT2D eigenvalue weighted by Crippen LogP contribution is -2.23. The van der Waals surface area contributed by atoms with Gasteiger partial charge in [-0.15, -0.1) is 16.8 Å². The number of anilines is 1. The fraction of sp³-hybridized carbons (Fsp3) is 0.167. The highest BCUT2D eigenvalue weighted by Crippen LogP contribution is 2.32. The van der Waals surface area contributed by atoms with Gasteiger partial charge in [-0.05, 0) is 43.3 Å². The Kier molecular flexibility index (Phi) is 6.51. The van der Waals surface area contributed by atoms with Gasteiger partial charge in [-0.2, -0.15) is 0 Å². The van der Waals surface area contributed by atoms with Gasteiger partial charge >= 0.3 is 0 Å². The third-order valence-corrected chi connectivity index (χ3v) is 6.01. The van der Waals surface area contributed by atoms with E-state index >= 15 is 0 Å². The number of carbonyl (C=O) groups is 1. The van der Waals surface area contributed by atoms with E-state index in [0.717, 1.165) is 22.2 Å². The molecule has 1 N–H and O–H groups in total. The Morgan fingerprint density at radius 3 is 2.84 bits per heavy atom. The van der Waals surface area contributed by atoms with E-state index in [0.29, 0.717) is 23.3 Å². The van der Waals surface area contributed by atoms with Crippen molar-refractivity contribution >= 4 is 34.3 Å². The second kappa shape index (κ2) is 9.65. The van der Waals surface area contributed by atoms with E-state index in [1.165, 1.54) is 11.8 Å². The van der Waals surface area contributed by atoms with Gasteiger partial charge in [-0.1, -0.05) is 36.0 Å². The molecule has 0 aliphatic carbocycles. The molecule has 32 heavy (non-hydrogen) atoms. The lowest BCUT2D eigenvalue weighted by molar-refractivity contribution is -0.115. The first-order chi connectivity index (χ1) is 15.6. The second-order valence-corrected chi connectivity index (χ2v) is 8.34. The highest BCUT2D eigenvalue weighted by molar-refractivity contribution is 8.00. The van der Waals surface area contributed by atoms with Gasteiger partial charge in [0.25, 0.3) is 0 Å². The summed E-state index contributed by atoms with van der Waals surface area (Å²) in [5.41, 5.74) is 2.39. The fourth-order valence-electron chi connectivity index (χ4n) is 3.36. The number of rotatable bonds is 8. The van der Waals surface area contributed by atoms with Crippen molar-refractivity contribution in [3.8, 4) is 17.1 Å². The molecule has 0 spiro atoms. The standard InChI is InChI=1S/C24H23N5O2S/c1-4-15-29-22(18-9-5-6-13-21(18)31-3)27-28-24(29)32-16(2)23(30)26-20-12-7-11-19-17(20)10-8-14-25-19/h4-14,16H,1,15H2,2-3H3,(H,26,30). The van der Waals surface area contributed by atoms with Crippen molar-refractivity contribution in [2.24, 2.45) is 0 Å². The summed E-state index contributed by atoms with van der Waals surface area (Å²) in [5, 5.41) is 12.9. The van der Waals surface area contributed by atoms with Gasteiger partial charge < -0.3 is 10.1 Å². The smallest absolute Gasteiger partial charge is 0.237 e. The molecular formula is C24H23N5O2S. The number of para-hydroxylation sites is 1. The molecule has 0 saturated heterocycles. The van der Waals surface area contributed by atoms with Crippen LogP contribution in [0.25, 0.3) is 22.3 Å². The molecular weight excluding hydrogens is 422 g/mol. The van der Waals surface area contributed by atoms with Crippen LogP contribution < -0.4 is 10.1 Å². The number of benzene rings is 2. The predicted octanol–water partition coefficient (Wildman–Crippen LogP) is 4.81. The number of nitrogens with one attached hydrogen (secondary N) is 1. The van der Waals surface area contributed by atoms with E-state index in [1.54, 1.807) is 19.4 Å². The van der Waals surface area contributed by atoms with Crippen LogP contribution in [0.5, 0.6) is 5.75 Å². The molecule has 1 atom stereocenters. The molecule has 2 aromatic carbocycles. The first-order valence-corrected chi connectivity index (χ1v) is 11.0. The molecule has 2 heterocycles. The van der Waals surface area contributed by atoms with Gasteiger partial charge in [0.05, 0.1) is 29.1 Å². The van der Waals surface area contributed by atoms with Crippen LogP contribution in [0.3, 0.4) is 0 Å². The fourth-order valence-corrected chi connectivity index (χ4v) is 4.21. The summed E-state index contributed by atoms with van der Waals surface area (Å²) in [6.45, 7) is 6.20. The van der Waals surface area contributed by atoms with E-state index in [-0.39, 0.29) is 5.91 Å². The molecule has 1 amide bonds. The zero-order valence-corrected chi connectivity index (χ0v) is 18.7. The maximum absolute atomic E-state index is 13.0. The number of nitrogens with zero attached hydrogens (tertiary/aromatic N) is 4. The number of carbonyl (C=O) groups excluding carboxylic acids is 1. The number of allylic oxidation sites excluding steroid dienone is 1. The third kappa shape index (κ3) is 4.36. The quantitative estimate of drug-likeness (QED) is 0.310. The summed E-state index contributed by atoms with van der Waals surface area (Å²) < 4.78 is 7.41. The number of fused-ring (bicyclic) bond motifs is 1. The molecule has 0 fully saturated rings. The molecule has 0 aliphatic rings. The molecule has 1 unspecified atom stereocenters. The van der Waals surface area contributed by atoms with Crippen LogP contribution in [0.15, 0.2) is 78.6 Å². The van der Waals surface area contributed by atoms with Gasteiger partial charge in [0.1, 0.15) is 5.75 Å². The topological polar surface area (TPSA) is 81.9 Å². The van der Waals surface area contributed by atoms with Gasteiger partial charge in [0.15, 0.2) is 11.0 Å². The number of thioether (sulfide) groups is 1. The molecule has 0 bridgehead atoms. The van der Waals surface area contributed by atoms with Crippen LogP contribution in [0, 0.1) is 0 Å². The number of pyridine rings is 1. The minimum absolute atomic E-state index is 0.127. The summed E-state index contributed by atoms with van der Waals surface area (Å²) in [5.74, 6) is 1.24. The molecule has 4 rings (SSSR count). The van der Waals surface area contributed by atoms with Crippen LogP contribution in [-0.4, -0.2) is 38.0 Å². The summed E-state index contributed by atoms with van der Waals surface area (Å²) >= 11 is 1.34. The molecule has 8 heteroatoms. The van der Waals surface area contributed by atoms with Crippen molar-refractivity contribution in [1.29, 1.82) is 0 Å². The van der Waals surface area contributed by atoms with Crippen molar-refractivity contribution in [3.05, 3.63) is 73.4 Å². The van der Waals surface area contributed by atoms with Gasteiger partial charge in [-0.25, -0.2) is 0 Å². The first-order valence-electron chi connectivity index (χ1n) is 10.1. The minimum Gasteiger partial charge on any atom is -0.496 e. The average molecular weight is 446 g/mol. The van der Waals surface area contributed by atoms with Crippen molar-refractivity contribution in [2.75, 3.05) is 12.4 Å². The molecule has 4 aromatic rings. The van der Waals surface area contributed by atoms with Crippen molar-refractivity contribution in [2.45, 2.75) is 23.9 Å². The molecule has 0 aliphatic heterocycles. The number of hydrogen-bond acceptors (Lipinski definition) is 6. The Bertz CT molecular complexity index is 1260. The number of methoxy groups -OCH3 is 1. The van der Waals surface area contributed by atoms with E-state index in [2.05, 4.69) is 27.1 Å². The van der Waals surface area contributed by atoms with Crippen LogP contribution in [0.2, 0.25) is 0 Å². The monoisotopic (exact) mass is 445 g/mol. The Labute approximate surface area is 190 Å². The number of ether oxygens (including phenoxy) is 1. The SMILES string of the molecule is C=CCn1c(SC(C)C(=O)Nc2cccc3ncccc23)nnc1-c1ccccc1OC. The van der Waals surface area contributed by atoms with Gasteiger partial charge in [0, 0.05) is 18.1 Å². The highest BCUT2D eigenvalue weighted by Gasteiger charge is 2.22. The Morgan fingerprint density at radius 1 is 1.19 bits per heavy atom. The second-order valence-electron chi connectivity index (χ2n) is 7.03. The summed E-state index contributed by atoms with van der Waals surface area (Å²) in [7, 11) is 1.62. The van der Waals surface area contributed by atoms with Crippen molar-refractivity contribution in [1.82, 2.24) is 19.7 Å². The lowest BCUT2D eigenvalue weighted by atomic mass is 10.2. The molecule has 162 valence electrons. The van der Waals surface area contributed by atoms with Crippen molar-refractivity contribution < 1.29 is 9.53 Å². The Balaban J connectivity index is 1.57. The Hall–Kier alpha value is -3.65. The zero-order valence-electron chi connectivity index (χ0n) is 17.9. The molecule has 0 saturated carbocycles. The molecule has 2 aromatic heterocycles. The number of aromatic nitrogens is 4. The maximum Gasteiger partial charge on any atom is 0.237 e. The number of hydrogen-bond donors (Lipinski definition) is 1. The highest BCUT2D eigenvalue weighted by atomic mass is 32.2. The number of amides is 1. The van der Waals surface area contributed by atoms with Crippen LogP contribution in [0.1, 0.15) is 6.92 Å². The molecule has 0 radical (unpaired) electrons. The summed E-state index contributed by atoms with van der Waals surface area (Å²) in [4.78, 5) is 17.3. The van der Waals surface area contributed by atoms with Crippen molar-refractivity contribution in [3.63, 3.8) is 0 Å². The summed E-state index contributed by atoms with van der Waals surface area (Å²) in [6, 6.07) is 17.1. The molecule has 7 nitrogen and oxygen atoms in total.